The number of hydrogen-bond donors (Lipinski definition) is 0. The summed E-state index contributed by atoms with van der Waals surface area (Å²) < 4.78 is 0. The molecule has 0 amide bonds. The monoisotopic (exact) mass is 153 g/mol. The highest BCUT2D eigenvalue weighted by molar-refractivity contribution is 4.80. The van der Waals surface area contributed by atoms with Gasteiger partial charge in [0.1, 0.15) is 0 Å². The molecule has 0 bridgehead atoms. The normalized spacial score (nSPS) is 11.1. The zero-order valence-corrected chi connectivity index (χ0v) is 7.97. The first kappa shape index (κ1) is 10.7. The van der Waals surface area contributed by atoms with Gasteiger partial charge in [0.05, 0.1) is 0 Å². The lowest BCUT2D eigenvalue weighted by molar-refractivity contribution is 0.737. The number of allylic oxidation sites excluding steroid dienone is 2. The summed E-state index contributed by atoms with van der Waals surface area (Å²) in [7, 11) is 0. The Hall–Kier alpha value is -0.260. The third kappa shape index (κ3) is 9.74. The molecule has 0 aliphatic heterocycles. The molecule has 11 heavy (non-hydrogen) atoms. The van der Waals surface area contributed by atoms with Crippen LogP contribution >= 0.6 is 0 Å². The predicted molar refractivity (Wildman–Crippen MR) is 52.5 cm³/mol. The van der Waals surface area contributed by atoms with Crippen LogP contribution < -0.4 is 0 Å². The Balaban J connectivity index is 2.89. The highest BCUT2D eigenvalue weighted by Gasteiger charge is 1.83. The van der Waals surface area contributed by atoms with Gasteiger partial charge in [-0.1, -0.05) is 45.3 Å². The summed E-state index contributed by atoms with van der Waals surface area (Å²) in [6.45, 7) is 4.35. The average molecular weight is 153 g/mol. The summed E-state index contributed by atoms with van der Waals surface area (Å²) >= 11 is 0. The van der Waals surface area contributed by atoms with Crippen LogP contribution in [-0.4, -0.2) is 0 Å². The molecular weight excluding hydrogens is 132 g/mol. The maximum absolute atomic E-state index is 2.32. The molecule has 0 atom stereocenters. The van der Waals surface area contributed by atoms with Gasteiger partial charge >= 0.3 is 0 Å². The van der Waals surface area contributed by atoms with Crippen molar-refractivity contribution < 1.29 is 0 Å². The Morgan fingerprint density at radius 1 is 0.909 bits per heavy atom. The van der Waals surface area contributed by atoms with Crippen LogP contribution in [0.4, 0.5) is 0 Å². The summed E-state index contributed by atoms with van der Waals surface area (Å²) in [5.74, 6) is 0. The number of unbranched alkanes of at least 4 members (excludes halogenated alkanes) is 5. The van der Waals surface area contributed by atoms with Gasteiger partial charge in [0, 0.05) is 0 Å². The van der Waals surface area contributed by atoms with E-state index in [2.05, 4.69) is 32.4 Å². The third-order valence-electron chi connectivity index (χ3n) is 1.74. The van der Waals surface area contributed by atoms with Crippen molar-refractivity contribution in [2.45, 2.75) is 52.4 Å². The molecule has 0 spiro atoms. The molecule has 0 unspecified atom stereocenters. The SMILES string of the molecule is C[CH]CCCCC=CCCC. The number of rotatable bonds is 7. The zero-order chi connectivity index (χ0) is 8.36. The average Bonchev–Trinajstić information content (AvgIpc) is 2.03. The van der Waals surface area contributed by atoms with Crippen LogP contribution in [0.1, 0.15) is 52.4 Å². The van der Waals surface area contributed by atoms with E-state index in [0.29, 0.717) is 0 Å². The van der Waals surface area contributed by atoms with Gasteiger partial charge in [-0.25, -0.2) is 0 Å². The lowest BCUT2D eigenvalue weighted by Gasteiger charge is -1.93. The molecular formula is C11H21. The van der Waals surface area contributed by atoms with E-state index in [1.54, 1.807) is 0 Å². The second kappa shape index (κ2) is 9.74. The Morgan fingerprint density at radius 3 is 2.18 bits per heavy atom. The molecule has 0 heterocycles. The lowest BCUT2D eigenvalue weighted by Crippen LogP contribution is -1.74. The third-order valence-corrected chi connectivity index (χ3v) is 1.74. The molecule has 0 aliphatic rings. The van der Waals surface area contributed by atoms with Crippen LogP contribution in [0.15, 0.2) is 12.2 Å². The van der Waals surface area contributed by atoms with E-state index in [1.807, 2.05) is 0 Å². The van der Waals surface area contributed by atoms with Crippen molar-refractivity contribution in [2.75, 3.05) is 0 Å². The van der Waals surface area contributed by atoms with Crippen LogP contribution in [0.3, 0.4) is 0 Å². The largest absolute Gasteiger partial charge is 0.0885 e. The van der Waals surface area contributed by atoms with Gasteiger partial charge in [0.15, 0.2) is 0 Å². The molecule has 0 fully saturated rings. The minimum Gasteiger partial charge on any atom is -0.0885 e. The van der Waals surface area contributed by atoms with Crippen LogP contribution in [0.5, 0.6) is 0 Å². The molecule has 0 aromatic rings. The molecule has 1 radical (unpaired) electrons. The van der Waals surface area contributed by atoms with Crippen molar-refractivity contribution in [2.24, 2.45) is 0 Å². The van der Waals surface area contributed by atoms with Crippen molar-refractivity contribution in [3.05, 3.63) is 18.6 Å². The summed E-state index contributed by atoms with van der Waals surface area (Å²) in [5, 5.41) is 0. The molecule has 0 saturated carbocycles. The van der Waals surface area contributed by atoms with Gasteiger partial charge in [-0.05, 0) is 25.7 Å². The maximum atomic E-state index is 2.32. The van der Waals surface area contributed by atoms with E-state index < -0.39 is 0 Å². The molecule has 0 N–H and O–H groups in total. The molecule has 0 saturated heterocycles. The first-order valence-electron chi connectivity index (χ1n) is 4.84. The van der Waals surface area contributed by atoms with Crippen LogP contribution in [-0.2, 0) is 0 Å². The van der Waals surface area contributed by atoms with E-state index in [-0.39, 0.29) is 0 Å². The Labute approximate surface area is 71.7 Å². The van der Waals surface area contributed by atoms with Gasteiger partial charge in [0.25, 0.3) is 0 Å². The molecule has 0 aromatic heterocycles. The van der Waals surface area contributed by atoms with E-state index in [0.717, 1.165) is 0 Å². The van der Waals surface area contributed by atoms with Gasteiger partial charge in [0.2, 0.25) is 0 Å². The van der Waals surface area contributed by atoms with Gasteiger partial charge < -0.3 is 0 Å². The first-order chi connectivity index (χ1) is 5.41. The van der Waals surface area contributed by atoms with E-state index in [1.165, 1.54) is 38.5 Å². The first-order valence-corrected chi connectivity index (χ1v) is 4.84. The van der Waals surface area contributed by atoms with E-state index in [9.17, 15) is 0 Å². The Kier molecular flexibility index (Phi) is 9.51. The lowest BCUT2D eigenvalue weighted by atomic mass is 10.1. The Morgan fingerprint density at radius 2 is 1.55 bits per heavy atom. The zero-order valence-electron chi connectivity index (χ0n) is 7.97. The minimum absolute atomic E-state index is 1.25. The second-order valence-electron chi connectivity index (χ2n) is 2.95. The second-order valence-corrected chi connectivity index (χ2v) is 2.95. The highest BCUT2D eigenvalue weighted by Crippen LogP contribution is 2.02. The summed E-state index contributed by atoms with van der Waals surface area (Å²) in [4.78, 5) is 0. The van der Waals surface area contributed by atoms with Crippen molar-refractivity contribution in [3.8, 4) is 0 Å². The standard InChI is InChI=1S/C11H21/c1-3-5-7-9-11-10-8-6-4-2/h3,8,10H,4-7,9,11H2,1-2H3. The van der Waals surface area contributed by atoms with Crippen LogP contribution in [0.2, 0.25) is 0 Å². The van der Waals surface area contributed by atoms with Gasteiger partial charge in [-0.3, -0.25) is 0 Å². The van der Waals surface area contributed by atoms with Crippen molar-refractivity contribution in [1.82, 2.24) is 0 Å². The molecule has 65 valence electrons. The fourth-order valence-corrected chi connectivity index (χ4v) is 1.01. The quantitative estimate of drug-likeness (QED) is 0.381. The molecule has 0 aromatic carbocycles. The summed E-state index contributed by atoms with van der Waals surface area (Å²) in [6, 6.07) is 0. The molecule has 0 aliphatic carbocycles. The van der Waals surface area contributed by atoms with Crippen molar-refractivity contribution in [1.29, 1.82) is 0 Å². The van der Waals surface area contributed by atoms with E-state index in [4.69, 9.17) is 0 Å². The maximum Gasteiger partial charge on any atom is -0.0351 e. The predicted octanol–water partition coefficient (Wildman–Crippen LogP) is 4.13. The molecule has 0 rings (SSSR count). The highest BCUT2D eigenvalue weighted by atomic mass is 13.9. The van der Waals surface area contributed by atoms with E-state index >= 15 is 0 Å². The minimum atomic E-state index is 1.25. The van der Waals surface area contributed by atoms with Crippen molar-refractivity contribution >= 4 is 0 Å². The van der Waals surface area contributed by atoms with Crippen LogP contribution in [0, 0.1) is 6.42 Å². The summed E-state index contributed by atoms with van der Waals surface area (Å²) in [6.07, 6.45) is 14.6. The van der Waals surface area contributed by atoms with Gasteiger partial charge in [-0.2, -0.15) is 0 Å². The Bertz CT molecular complexity index is 82.0. The number of hydrogen-bond acceptors (Lipinski definition) is 0. The molecule has 0 heteroatoms. The topological polar surface area (TPSA) is 0 Å². The van der Waals surface area contributed by atoms with Gasteiger partial charge in [-0.15, -0.1) is 0 Å². The van der Waals surface area contributed by atoms with Crippen molar-refractivity contribution in [3.63, 3.8) is 0 Å². The molecule has 0 nitrogen and oxygen atoms in total. The smallest absolute Gasteiger partial charge is 0.0351 e. The fraction of sp³-hybridized carbons (Fsp3) is 0.727. The fourth-order valence-electron chi connectivity index (χ4n) is 1.01. The van der Waals surface area contributed by atoms with Crippen LogP contribution in [0.25, 0.3) is 0 Å². The summed E-state index contributed by atoms with van der Waals surface area (Å²) in [5.41, 5.74) is 0.